The fourth-order valence-corrected chi connectivity index (χ4v) is 5.12. The van der Waals surface area contributed by atoms with Gasteiger partial charge in [0.2, 0.25) is 11.8 Å². The quantitative estimate of drug-likeness (QED) is 0.753. The molecule has 1 aromatic heterocycles. The Bertz CT molecular complexity index is 867. The van der Waals surface area contributed by atoms with E-state index in [-0.39, 0.29) is 36.1 Å². The summed E-state index contributed by atoms with van der Waals surface area (Å²) in [6.45, 7) is 2.56. The summed E-state index contributed by atoms with van der Waals surface area (Å²) >= 11 is 0. The Balaban J connectivity index is 1.43. The molecule has 0 saturated carbocycles. The maximum absolute atomic E-state index is 13.2. The van der Waals surface area contributed by atoms with Crippen LogP contribution in [0, 0.1) is 11.2 Å². The first-order chi connectivity index (χ1) is 14.0. The summed E-state index contributed by atoms with van der Waals surface area (Å²) in [7, 11) is 0. The Morgan fingerprint density at radius 2 is 2.10 bits per heavy atom. The minimum absolute atomic E-state index is 0.0304. The van der Waals surface area contributed by atoms with Crippen LogP contribution in [0.2, 0.25) is 0 Å². The van der Waals surface area contributed by atoms with Crippen LogP contribution < -0.4 is 5.32 Å². The fraction of sp³-hybridized carbons (Fsp3) is 0.500. The van der Waals surface area contributed by atoms with Crippen molar-refractivity contribution in [3.63, 3.8) is 0 Å². The zero-order valence-electron chi connectivity index (χ0n) is 16.7. The average molecular weight is 398 g/mol. The molecule has 1 aromatic carbocycles. The largest absolute Gasteiger partial charge is 0.355 e. The van der Waals surface area contributed by atoms with Gasteiger partial charge >= 0.3 is 0 Å². The second-order valence-corrected chi connectivity index (χ2v) is 8.11. The Morgan fingerprint density at radius 1 is 1.31 bits per heavy atom. The first-order valence-electron chi connectivity index (χ1n) is 10.4. The Labute approximate surface area is 169 Å². The molecule has 2 amide bonds. The van der Waals surface area contributed by atoms with Gasteiger partial charge < -0.3 is 15.2 Å². The van der Waals surface area contributed by atoms with Crippen molar-refractivity contribution in [1.29, 1.82) is 0 Å². The monoisotopic (exact) mass is 398 g/mol. The number of fused-ring (bicyclic) bond motifs is 2. The van der Waals surface area contributed by atoms with Crippen molar-refractivity contribution < 1.29 is 14.0 Å². The molecule has 0 radical (unpaired) electrons. The number of halogens is 1. The maximum atomic E-state index is 13.2. The molecule has 2 fully saturated rings. The number of benzene rings is 1. The minimum atomic E-state index is -0.523. The van der Waals surface area contributed by atoms with E-state index in [0.717, 1.165) is 30.7 Å². The van der Waals surface area contributed by atoms with E-state index in [1.807, 2.05) is 11.8 Å². The number of imidazole rings is 1. The number of carbonyl (C=O) groups is 2. The lowest BCUT2D eigenvalue weighted by Gasteiger charge is -2.35. The number of H-pyrrole nitrogens is 1. The van der Waals surface area contributed by atoms with E-state index < -0.39 is 5.41 Å². The summed E-state index contributed by atoms with van der Waals surface area (Å²) in [5.41, 5.74) is 0.276. The van der Waals surface area contributed by atoms with Gasteiger partial charge in [0.15, 0.2) is 0 Å². The highest BCUT2D eigenvalue weighted by Crippen LogP contribution is 2.52. The normalized spacial score (nSPS) is 25.4. The first kappa shape index (κ1) is 19.6. The second-order valence-electron chi connectivity index (χ2n) is 8.11. The number of amides is 2. The first-order valence-corrected chi connectivity index (χ1v) is 10.4. The molecule has 154 valence electrons. The van der Waals surface area contributed by atoms with Gasteiger partial charge in [-0.25, -0.2) is 9.37 Å². The van der Waals surface area contributed by atoms with Crippen LogP contribution in [0.15, 0.2) is 36.7 Å². The minimum Gasteiger partial charge on any atom is -0.355 e. The molecule has 0 unspecified atom stereocenters. The molecule has 4 rings (SSSR count). The van der Waals surface area contributed by atoms with Gasteiger partial charge in [-0.15, -0.1) is 0 Å². The molecule has 0 spiro atoms. The van der Waals surface area contributed by atoms with E-state index in [1.165, 1.54) is 12.1 Å². The molecular formula is C22H27FN4O2. The molecule has 29 heavy (non-hydrogen) atoms. The van der Waals surface area contributed by atoms with Gasteiger partial charge in [0, 0.05) is 37.4 Å². The van der Waals surface area contributed by atoms with Crippen molar-refractivity contribution in [1.82, 2.24) is 20.2 Å². The van der Waals surface area contributed by atoms with Gasteiger partial charge in [0.05, 0.1) is 11.8 Å². The Morgan fingerprint density at radius 3 is 2.79 bits per heavy atom. The summed E-state index contributed by atoms with van der Waals surface area (Å²) < 4.78 is 13.1. The number of hydrogen-bond acceptors (Lipinski definition) is 3. The zero-order chi connectivity index (χ0) is 20.4. The van der Waals surface area contributed by atoms with Crippen molar-refractivity contribution in [3.8, 4) is 0 Å². The van der Waals surface area contributed by atoms with Crippen molar-refractivity contribution in [2.75, 3.05) is 6.54 Å². The van der Waals surface area contributed by atoms with E-state index >= 15 is 0 Å². The summed E-state index contributed by atoms with van der Waals surface area (Å²) in [5, 5.41) is 3.08. The highest BCUT2D eigenvalue weighted by Gasteiger charge is 2.59. The molecule has 2 N–H and O–H groups in total. The van der Waals surface area contributed by atoms with E-state index in [2.05, 4.69) is 15.3 Å². The predicted molar refractivity (Wildman–Crippen MR) is 106 cm³/mol. The van der Waals surface area contributed by atoms with E-state index in [9.17, 15) is 14.0 Å². The van der Waals surface area contributed by atoms with E-state index in [0.29, 0.717) is 19.4 Å². The van der Waals surface area contributed by atoms with Crippen LogP contribution in [-0.2, 0) is 22.4 Å². The van der Waals surface area contributed by atoms with Crippen molar-refractivity contribution in [3.05, 3.63) is 53.9 Å². The lowest BCUT2D eigenvalue weighted by atomic mass is 9.71. The molecule has 2 aromatic rings. The summed E-state index contributed by atoms with van der Waals surface area (Å²) in [6.07, 6.45) is 7.60. The van der Waals surface area contributed by atoms with Gasteiger partial charge in [-0.1, -0.05) is 19.1 Å². The number of aromatic nitrogens is 2. The van der Waals surface area contributed by atoms with Crippen molar-refractivity contribution in [2.45, 2.75) is 57.5 Å². The van der Waals surface area contributed by atoms with Gasteiger partial charge in [-0.2, -0.15) is 0 Å². The number of hydrogen-bond donors (Lipinski definition) is 2. The third kappa shape index (κ3) is 3.66. The van der Waals surface area contributed by atoms with Crippen LogP contribution in [0.1, 0.15) is 44.0 Å². The van der Waals surface area contributed by atoms with Gasteiger partial charge in [0.25, 0.3) is 0 Å². The van der Waals surface area contributed by atoms with Crippen molar-refractivity contribution >= 4 is 11.8 Å². The Kier molecular flexibility index (Phi) is 5.39. The second kappa shape index (κ2) is 7.97. The molecule has 7 heteroatoms. The smallest absolute Gasteiger partial charge is 0.228 e. The molecule has 2 aliphatic rings. The molecule has 3 heterocycles. The Hall–Kier alpha value is -2.70. The third-order valence-electron chi connectivity index (χ3n) is 6.58. The number of nitrogens with one attached hydrogen (secondary N) is 2. The molecule has 3 atom stereocenters. The average Bonchev–Trinajstić information content (AvgIpc) is 3.45. The molecular weight excluding hydrogens is 371 g/mol. The van der Waals surface area contributed by atoms with Crippen LogP contribution in [0.25, 0.3) is 0 Å². The lowest BCUT2D eigenvalue weighted by molar-refractivity contribution is -0.136. The van der Waals surface area contributed by atoms with Gasteiger partial charge in [-0.05, 0) is 43.4 Å². The predicted octanol–water partition coefficient (Wildman–Crippen LogP) is 2.61. The van der Waals surface area contributed by atoms with E-state index in [4.69, 9.17) is 0 Å². The van der Waals surface area contributed by atoms with Crippen LogP contribution in [0.4, 0.5) is 4.39 Å². The summed E-state index contributed by atoms with van der Waals surface area (Å²) in [6, 6.07) is 6.12. The number of nitrogens with zero attached hydrogens (tertiary/aromatic N) is 2. The number of aromatic amines is 1. The van der Waals surface area contributed by atoms with Crippen LogP contribution in [-0.4, -0.2) is 45.3 Å². The third-order valence-corrected chi connectivity index (χ3v) is 6.58. The molecule has 2 saturated heterocycles. The molecule has 2 aliphatic heterocycles. The van der Waals surface area contributed by atoms with Crippen LogP contribution >= 0.6 is 0 Å². The lowest BCUT2D eigenvalue weighted by Crippen LogP contribution is -2.50. The summed E-state index contributed by atoms with van der Waals surface area (Å²) in [5.74, 6) is 0.611. The van der Waals surface area contributed by atoms with Gasteiger partial charge in [-0.3, -0.25) is 9.59 Å². The van der Waals surface area contributed by atoms with Crippen molar-refractivity contribution in [2.24, 2.45) is 5.41 Å². The maximum Gasteiger partial charge on any atom is 0.228 e. The number of rotatable bonds is 7. The molecule has 2 bridgehead atoms. The standard InChI is InChI=1S/C22H27FN4O2/c1-2-22(21(29)26-10-9-19-24-11-12-25-19)14-17-7-8-18(22)27(17)20(28)13-15-3-5-16(23)6-4-15/h3-6,11-12,17-18H,2,7-10,13-14H2,1H3,(H,24,25)(H,26,29)/t17-,18+,22+/m0/s1. The zero-order valence-corrected chi connectivity index (χ0v) is 16.7. The summed E-state index contributed by atoms with van der Waals surface area (Å²) in [4.78, 5) is 35.4. The topological polar surface area (TPSA) is 78.1 Å². The molecule has 0 aliphatic carbocycles. The fourth-order valence-electron chi connectivity index (χ4n) is 5.12. The highest BCUT2D eigenvalue weighted by atomic mass is 19.1. The molecule has 6 nitrogen and oxygen atoms in total. The SMILES string of the molecule is CC[C@@]1(C(=O)NCCc2ncc[nH]2)C[C@@H]2CC[C@H]1N2C(=O)Cc1ccc(F)cc1. The number of carbonyl (C=O) groups excluding carboxylic acids is 2. The van der Waals surface area contributed by atoms with E-state index in [1.54, 1.807) is 24.5 Å². The van der Waals surface area contributed by atoms with Gasteiger partial charge in [0.1, 0.15) is 11.6 Å². The van der Waals surface area contributed by atoms with Crippen LogP contribution in [0.5, 0.6) is 0 Å². The van der Waals surface area contributed by atoms with Crippen LogP contribution in [0.3, 0.4) is 0 Å². The highest BCUT2D eigenvalue weighted by molar-refractivity contribution is 5.87.